The van der Waals surface area contributed by atoms with Crippen LogP contribution in [0.1, 0.15) is 63.1 Å². The predicted molar refractivity (Wildman–Crippen MR) is 120 cm³/mol. The second-order valence-corrected chi connectivity index (χ2v) is 8.41. The minimum atomic E-state index is -1.33. The summed E-state index contributed by atoms with van der Waals surface area (Å²) < 4.78 is 26.6. The SMILES string of the molecule is CC#N.CC(C)N(Cc1ccccc1)C(C)CCc1ccc(C2CC(F)C2F)cc1. The Bertz CT molecular complexity index is 783. The summed E-state index contributed by atoms with van der Waals surface area (Å²) in [4.78, 5) is 2.53. The van der Waals surface area contributed by atoms with Gasteiger partial charge in [0.25, 0.3) is 0 Å². The highest BCUT2D eigenvalue weighted by Crippen LogP contribution is 2.41. The number of nitriles is 1. The van der Waals surface area contributed by atoms with Gasteiger partial charge in [0.15, 0.2) is 0 Å². The van der Waals surface area contributed by atoms with Crippen molar-refractivity contribution in [1.82, 2.24) is 4.90 Å². The molecule has 0 aliphatic heterocycles. The Morgan fingerprint density at radius 1 is 1.00 bits per heavy atom. The van der Waals surface area contributed by atoms with Gasteiger partial charge in [-0.15, -0.1) is 0 Å². The molecule has 2 aromatic rings. The number of alkyl halides is 2. The molecule has 0 heterocycles. The Hall–Kier alpha value is -2.25. The van der Waals surface area contributed by atoms with E-state index in [9.17, 15) is 8.78 Å². The van der Waals surface area contributed by atoms with Gasteiger partial charge in [0.2, 0.25) is 0 Å². The third kappa shape index (κ3) is 6.64. The van der Waals surface area contributed by atoms with E-state index in [0.29, 0.717) is 18.5 Å². The first-order chi connectivity index (χ1) is 14.4. The van der Waals surface area contributed by atoms with Gasteiger partial charge < -0.3 is 0 Å². The maximum absolute atomic E-state index is 13.6. The average molecular weight is 413 g/mol. The number of nitrogens with zero attached hydrogens (tertiary/aromatic N) is 2. The van der Waals surface area contributed by atoms with Crippen LogP contribution in [0.3, 0.4) is 0 Å². The van der Waals surface area contributed by atoms with E-state index < -0.39 is 12.3 Å². The van der Waals surface area contributed by atoms with Crippen LogP contribution in [0.2, 0.25) is 0 Å². The minimum Gasteiger partial charge on any atom is -0.294 e. The average Bonchev–Trinajstić information content (AvgIpc) is 2.75. The van der Waals surface area contributed by atoms with Crippen molar-refractivity contribution in [2.75, 3.05) is 0 Å². The molecule has 0 N–H and O–H groups in total. The lowest BCUT2D eigenvalue weighted by atomic mass is 9.76. The maximum atomic E-state index is 13.6. The van der Waals surface area contributed by atoms with Crippen LogP contribution in [0.5, 0.6) is 0 Å². The maximum Gasteiger partial charge on any atom is 0.138 e. The van der Waals surface area contributed by atoms with E-state index in [4.69, 9.17) is 5.26 Å². The van der Waals surface area contributed by atoms with E-state index in [1.807, 2.05) is 12.1 Å². The van der Waals surface area contributed by atoms with Crippen LogP contribution in [0.4, 0.5) is 8.78 Å². The van der Waals surface area contributed by atoms with Gasteiger partial charge in [-0.25, -0.2) is 8.78 Å². The Balaban J connectivity index is 0.00000101. The zero-order valence-electron chi connectivity index (χ0n) is 18.6. The largest absolute Gasteiger partial charge is 0.294 e. The molecule has 0 spiro atoms. The van der Waals surface area contributed by atoms with Crippen molar-refractivity contribution in [2.45, 2.75) is 83.8 Å². The minimum absolute atomic E-state index is 0.254. The third-order valence-corrected chi connectivity index (χ3v) is 5.91. The quantitative estimate of drug-likeness (QED) is 0.488. The number of hydrogen-bond donors (Lipinski definition) is 0. The zero-order valence-corrected chi connectivity index (χ0v) is 18.6. The number of rotatable bonds is 8. The van der Waals surface area contributed by atoms with Crippen molar-refractivity contribution in [3.63, 3.8) is 0 Å². The Morgan fingerprint density at radius 3 is 2.10 bits per heavy atom. The molecule has 2 aromatic carbocycles. The van der Waals surface area contributed by atoms with Crippen LogP contribution >= 0.6 is 0 Å². The van der Waals surface area contributed by atoms with Crippen molar-refractivity contribution in [3.8, 4) is 6.07 Å². The molecule has 1 aliphatic rings. The van der Waals surface area contributed by atoms with Gasteiger partial charge in [0.05, 0.1) is 6.07 Å². The van der Waals surface area contributed by atoms with Gasteiger partial charge in [-0.2, -0.15) is 5.26 Å². The molecule has 0 amide bonds. The fourth-order valence-corrected chi connectivity index (χ4v) is 3.99. The van der Waals surface area contributed by atoms with Crippen LogP contribution in [0.15, 0.2) is 54.6 Å². The van der Waals surface area contributed by atoms with E-state index in [1.54, 1.807) is 6.07 Å². The molecule has 30 heavy (non-hydrogen) atoms. The topological polar surface area (TPSA) is 27.0 Å². The van der Waals surface area contributed by atoms with Crippen molar-refractivity contribution < 1.29 is 8.78 Å². The van der Waals surface area contributed by atoms with Crippen LogP contribution in [0, 0.1) is 11.3 Å². The molecular formula is C26H34F2N2. The summed E-state index contributed by atoms with van der Waals surface area (Å²) in [6.07, 6.45) is -0.211. The van der Waals surface area contributed by atoms with E-state index in [2.05, 4.69) is 68.1 Å². The molecule has 1 aliphatic carbocycles. The van der Waals surface area contributed by atoms with Crippen molar-refractivity contribution in [1.29, 1.82) is 5.26 Å². The van der Waals surface area contributed by atoms with Crippen LogP contribution < -0.4 is 0 Å². The molecule has 0 aromatic heterocycles. The Morgan fingerprint density at radius 2 is 1.60 bits per heavy atom. The highest BCUT2D eigenvalue weighted by molar-refractivity contribution is 5.29. The first-order valence-corrected chi connectivity index (χ1v) is 10.8. The lowest BCUT2D eigenvalue weighted by molar-refractivity contribution is 0.0428. The molecule has 1 fully saturated rings. The van der Waals surface area contributed by atoms with Crippen molar-refractivity contribution in [3.05, 3.63) is 71.3 Å². The summed E-state index contributed by atoms with van der Waals surface area (Å²) in [5, 5.41) is 7.32. The van der Waals surface area contributed by atoms with E-state index in [0.717, 1.165) is 24.9 Å². The number of halogens is 2. The summed E-state index contributed by atoms with van der Waals surface area (Å²) in [6.45, 7) is 9.18. The fraction of sp³-hybridized carbons (Fsp3) is 0.500. The van der Waals surface area contributed by atoms with Gasteiger partial charge in [0, 0.05) is 31.5 Å². The molecule has 3 rings (SSSR count). The third-order valence-electron chi connectivity index (χ3n) is 5.91. The number of hydrogen-bond acceptors (Lipinski definition) is 2. The Labute approximate surface area is 180 Å². The summed E-state index contributed by atoms with van der Waals surface area (Å²) in [5.41, 5.74) is 3.54. The van der Waals surface area contributed by atoms with E-state index in [-0.39, 0.29) is 5.92 Å². The molecule has 0 bridgehead atoms. The second-order valence-electron chi connectivity index (χ2n) is 8.41. The molecular weight excluding hydrogens is 378 g/mol. The number of aryl methyl sites for hydroxylation is 1. The smallest absolute Gasteiger partial charge is 0.138 e. The number of benzene rings is 2. The normalized spacial score (nSPS) is 21.4. The fourth-order valence-electron chi connectivity index (χ4n) is 3.99. The molecule has 4 unspecified atom stereocenters. The summed E-state index contributed by atoms with van der Waals surface area (Å²) >= 11 is 0. The molecule has 162 valence electrons. The van der Waals surface area contributed by atoms with Gasteiger partial charge in [-0.1, -0.05) is 54.6 Å². The molecule has 0 saturated heterocycles. The predicted octanol–water partition coefficient (Wildman–Crippen LogP) is 6.61. The monoisotopic (exact) mass is 412 g/mol. The van der Waals surface area contributed by atoms with E-state index in [1.165, 1.54) is 18.1 Å². The standard InChI is InChI=1S/C24H31F2N.C2H3N/c1-17(2)27(16-20-7-5-4-6-8-20)18(3)9-10-19-11-13-21(14-12-19)22-15-23(25)24(22)26;1-2-3/h4-8,11-14,17-18,22-24H,9-10,15-16H2,1-3H3;1H3. The first-order valence-electron chi connectivity index (χ1n) is 10.8. The first kappa shape index (κ1) is 24.0. The van der Waals surface area contributed by atoms with Gasteiger partial charge in [-0.05, 0) is 56.7 Å². The van der Waals surface area contributed by atoms with E-state index >= 15 is 0 Å². The molecule has 0 radical (unpaired) electrons. The van der Waals surface area contributed by atoms with Crippen LogP contribution in [-0.4, -0.2) is 29.3 Å². The molecule has 4 heteroatoms. The lowest BCUT2D eigenvalue weighted by Crippen LogP contribution is -2.38. The van der Waals surface area contributed by atoms with Crippen LogP contribution in [-0.2, 0) is 13.0 Å². The second kappa shape index (κ2) is 11.8. The van der Waals surface area contributed by atoms with Crippen LogP contribution in [0.25, 0.3) is 0 Å². The summed E-state index contributed by atoms with van der Waals surface area (Å²) in [7, 11) is 0. The van der Waals surface area contributed by atoms with Gasteiger partial charge >= 0.3 is 0 Å². The van der Waals surface area contributed by atoms with Gasteiger partial charge in [-0.3, -0.25) is 4.90 Å². The summed E-state index contributed by atoms with van der Waals surface area (Å²) in [5.74, 6) is -0.254. The lowest BCUT2D eigenvalue weighted by Gasteiger charge is -2.34. The van der Waals surface area contributed by atoms with Crippen molar-refractivity contribution in [2.24, 2.45) is 0 Å². The zero-order chi connectivity index (χ0) is 22.1. The summed E-state index contributed by atoms with van der Waals surface area (Å²) in [6, 6.07) is 21.4. The molecule has 1 saturated carbocycles. The Kier molecular flexibility index (Phi) is 9.46. The van der Waals surface area contributed by atoms with Crippen molar-refractivity contribution >= 4 is 0 Å². The molecule has 2 nitrogen and oxygen atoms in total. The molecule has 4 atom stereocenters. The van der Waals surface area contributed by atoms with Gasteiger partial charge in [0.1, 0.15) is 12.3 Å². The highest BCUT2D eigenvalue weighted by atomic mass is 19.2. The highest BCUT2D eigenvalue weighted by Gasteiger charge is 2.42.